The summed E-state index contributed by atoms with van der Waals surface area (Å²) in [5.41, 5.74) is 1.28. The minimum Gasteiger partial charge on any atom is -0.462 e. The average Bonchev–Trinajstić information content (AvgIpc) is 1.54. The SMILES string of the molecule is CC[C@@H](C)[C@H]1O[C@]2(C=C[C@@H]1C)C[C@@H]1C[C@@H](C/C=C(\C)[C@@H](O[C@H]3C[C@H](OC)[C@@H](O[C@H]4C[C@H](OC)C(=O)[C@H](C)O4)[C@H](C)O3)[C@@H](C)/C=C/C=C3\CO[C@@H]4[C@H](O[Si](C)(C)C(C)(C)C)C(C)=C[C@@H](C(=O)O1)[C@]34O)O2.CC[C@@H](C)[C@H]1O[C@]2(C=C[C@@H]1C)C[C@@H]1C[C@@H](C/C=C(\C)[C@@H](O[C@H]3C[C@H](OC)[C@@H](O[C@H]4C[C@H](OC)[C@@H](O)[C@H](C)O4)[C@H](C)O3)[C@@H](C)/C=C/C=C3\CO[C@@H]4[C@H](O[Si](C)(C)C(C)(C)C)C(C)=C[C@@H](C(=O)O1)[C@]34O)O2. The Balaban J connectivity index is 0.000000233. The van der Waals surface area contributed by atoms with Crippen molar-refractivity contribution in [3.05, 3.63) is 119 Å². The molecule has 0 unspecified atom stereocenters. The molecule has 8 saturated heterocycles. The van der Waals surface area contributed by atoms with Crippen LogP contribution in [0.25, 0.3) is 0 Å². The van der Waals surface area contributed by atoms with Gasteiger partial charge in [-0.25, -0.2) is 0 Å². The third kappa shape index (κ3) is 24.0. The molecule has 2 spiro atoms. The number of ether oxygens (including phenoxy) is 20. The second-order valence-electron chi connectivity index (χ2n) is 45.4. The maximum Gasteiger partial charge on any atom is 0.316 e. The molecule has 39 atom stereocenters. The Bertz CT molecular complexity index is 4480. The third-order valence-corrected chi connectivity index (χ3v) is 42.1. The van der Waals surface area contributed by atoms with Gasteiger partial charge in [0.05, 0.1) is 98.7 Å². The van der Waals surface area contributed by atoms with Gasteiger partial charge < -0.3 is 119 Å². The molecule has 12 aliphatic heterocycles. The second-order valence-corrected chi connectivity index (χ2v) is 54.9. The van der Waals surface area contributed by atoms with Crippen LogP contribution in [0.15, 0.2) is 119 Å². The molecule has 3 N–H and O–H groups in total. The van der Waals surface area contributed by atoms with Gasteiger partial charge in [-0.1, -0.05) is 183 Å². The van der Waals surface area contributed by atoms with E-state index in [1.165, 1.54) is 7.11 Å². The lowest BCUT2D eigenvalue weighted by Crippen LogP contribution is -2.60. The Kier molecular flexibility index (Phi) is 36.2. The number of hydrogen-bond acceptors (Lipinski definition) is 28. The van der Waals surface area contributed by atoms with Gasteiger partial charge in [-0.3, -0.25) is 14.4 Å². The Morgan fingerprint density at radius 1 is 0.464 bits per heavy atom. The van der Waals surface area contributed by atoms with Crippen LogP contribution in [0, 0.1) is 47.3 Å². The summed E-state index contributed by atoms with van der Waals surface area (Å²) in [7, 11) is 1.66. The summed E-state index contributed by atoms with van der Waals surface area (Å²) in [6.45, 7) is 54.9. The van der Waals surface area contributed by atoms with Gasteiger partial charge in [0, 0.05) is 103 Å². The van der Waals surface area contributed by atoms with E-state index in [9.17, 15) is 29.7 Å². The van der Waals surface area contributed by atoms with Gasteiger partial charge >= 0.3 is 11.9 Å². The number of fused-ring (bicyclic) bond motifs is 4. The molecule has 0 amide bonds. The molecule has 2 aliphatic carbocycles. The highest BCUT2D eigenvalue weighted by molar-refractivity contribution is 6.74. The maximum absolute atomic E-state index is 14.8. The molecular weight excluding hydrogens is 1800 g/mol. The number of methoxy groups -OCH3 is 4. The molecule has 0 saturated carbocycles. The van der Waals surface area contributed by atoms with Crippen molar-refractivity contribution < 1.29 is 133 Å². The molecule has 8 fully saturated rings. The second kappa shape index (κ2) is 45.1. The average molecular weight is 1970 g/mol. The Labute approximate surface area is 824 Å². The number of aliphatic hydroxyl groups excluding tert-OH is 1. The van der Waals surface area contributed by atoms with Crippen molar-refractivity contribution in [1.29, 1.82) is 0 Å². The largest absolute Gasteiger partial charge is 0.462 e. The number of aliphatic hydroxyl groups is 3. The number of rotatable bonds is 20. The summed E-state index contributed by atoms with van der Waals surface area (Å²) in [6.07, 6.45) is 20.1. The van der Waals surface area contributed by atoms with Crippen LogP contribution in [0.2, 0.25) is 36.3 Å². The van der Waals surface area contributed by atoms with E-state index in [2.05, 4.69) is 173 Å². The molecule has 0 radical (unpaired) electrons. The summed E-state index contributed by atoms with van der Waals surface area (Å²) in [6, 6.07) is 0. The van der Waals surface area contributed by atoms with Crippen molar-refractivity contribution in [1.82, 2.24) is 0 Å². The van der Waals surface area contributed by atoms with Crippen molar-refractivity contribution >= 4 is 34.4 Å². The van der Waals surface area contributed by atoms with Gasteiger partial charge in [-0.2, -0.15) is 0 Å². The van der Waals surface area contributed by atoms with Crippen molar-refractivity contribution in [2.45, 2.75) is 454 Å². The van der Waals surface area contributed by atoms with Crippen LogP contribution in [0.5, 0.6) is 0 Å². The predicted molar refractivity (Wildman–Crippen MR) is 526 cm³/mol. The van der Waals surface area contributed by atoms with E-state index in [4.69, 9.17) is 104 Å². The zero-order valence-electron chi connectivity index (χ0n) is 88.2. The predicted octanol–water partition coefficient (Wildman–Crippen LogP) is 17.0. The maximum atomic E-state index is 14.8. The number of carbonyl (C=O) groups excluding carboxylic acids is 3. The van der Waals surface area contributed by atoms with Crippen LogP contribution in [0.1, 0.15) is 229 Å². The molecular formula is C108H170O28Si2. The van der Waals surface area contributed by atoms with Crippen molar-refractivity contribution in [3.8, 4) is 0 Å². The van der Waals surface area contributed by atoms with Gasteiger partial charge in [0.15, 0.2) is 59.2 Å². The molecule has 30 heteroatoms. The number of allylic oxidation sites excluding steroid dienone is 4. The van der Waals surface area contributed by atoms with Crippen LogP contribution in [-0.4, -0.2) is 280 Å². The molecule has 12 heterocycles. The lowest BCUT2D eigenvalue weighted by Gasteiger charge is -2.49. The lowest BCUT2D eigenvalue weighted by atomic mass is 9.71. The third-order valence-electron chi connectivity index (χ3n) is 33.2. The van der Waals surface area contributed by atoms with Gasteiger partial charge in [0.25, 0.3) is 0 Å². The van der Waals surface area contributed by atoms with Gasteiger partial charge in [-0.15, -0.1) is 0 Å². The first kappa shape index (κ1) is 111. The normalized spacial score (nSPS) is 45.4. The number of carbonyl (C=O) groups is 3. The zero-order chi connectivity index (χ0) is 101. The first-order valence-corrected chi connectivity index (χ1v) is 57.3. The number of Topliss-reactive ketones (excluding diaryl/α,β-unsaturated/α-hetero) is 1. The van der Waals surface area contributed by atoms with Crippen molar-refractivity contribution in [3.63, 3.8) is 0 Å². The molecule has 138 heavy (non-hydrogen) atoms. The summed E-state index contributed by atoms with van der Waals surface area (Å²) in [4.78, 5) is 42.3. The minimum absolute atomic E-state index is 0.0880. The van der Waals surface area contributed by atoms with E-state index in [1.807, 2.05) is 83.2 Å². The van der Waals surface area contributed by atoms with Crippen LogP contribution < -0.4 is 0 Å². The highest BCUT2D eigenvalue weighted by atomic mass is 28.4. The van der Waals surface area contributed by atoms with Gasteiger partial charge in [-0.05, 0) is 162 Å². The molecule has 0 aromatic rings. The van der Waals surface area contributed by atoms with E-state index in [1.54, 1.807) is 28.3 Å². The van der Waals surface area contributed by atoms with Crippen LogP contribution in [-0.2, 0) is 118 Å². The minimum atomic E-state index is -2.38. The number of ketones is 1. The monoisotopic (exact) mass is 1970 g/mol. The lowest BCUT2D eigenvalue weighted by molar-refractivity contribution is -0.318. The quantitative estimate of drug-likeness (QED) is 0.0579. The molecule has 14 rings (SSSR count). The molecule has 28 nitrogen and oxygen atoms in total. The number of esters is 2. The molecule has 4 bridgehead atoms. The van der Waals surface area contributed by atoms with E-state index in [-0.39, 0.29) is 102 Å². The van der Waals surface area contributed by atoms with Gasteiger partial charge in [0.2, 0.25) is 0 Å². The number of hydrogen-bond donors (Lipinski definition) is 3. The Morgan fingerprint density at radius 2 is 0.848 bits per heavy atom. The van der Waals surface area contributed by atoms with E-state index < -0.39 is 198 Å². The fourth-order valence-electron chi connectivity index (χ4n) is 22.3. The summed E-state index contributed by atoms with van der Waals surface area (Å²) < 4.78 is 144. The van der Waals surface area contributed by atoms with E-state index in [0.717, 1.165) is 35.1 Å². The van der Waals surface area contributed by atoms with E-state index >= 15 is 0 Å². The highest BCUT2D eigenvalue weighted by Gasteiger charge is 2.65. The topological polar surface area (TPSA) is 315 Å². The van der Waals surface area contributed by atoms with Crippen LogP contribution in [0.3, 0.4) is 0 Å². The summed E-state index contributed by atoms with van der Waals surface area (Å²) in [5, 5.41) is 36.8. The summed E-state index contributed by atoms with van der Waals surface area (Å²) in [5.74, 6) is -4.94. The Hall–Kier alpha value is -4.48. The molecule has 778 valence electrons. The zero-order valence-corrected chi connectivity index (χ0v) is 90.2. The van der Waals surface area contributed by atoms with Crippen LogP contribution in [0.4, 0.5) is 0 Å². The molecule has 0 aromatic heterocycles. The first-order chi connectivity index (χ1) is 64.9. The fourth-order valence-corrected chi connectivity index (χ4v) is 24.9. The highest BCUT2D eigenvalue weighted by Crippen LogP contribution is 2.54. The van der Waals surface area contributed by atoms with E-state index in [0.29, 0.717) is 68.9 Å². The Morgan fingerprint density at radius 3 is 1.23 bits per heavy atom. The first-order valence-electron chi connectivity index (χ1n) is 51.4. The van der Waals surface area contributed by atoms with Gasteiger partial charge in [0.1, 0.15) is 78.0 Å². The fraction of sp³-hybridized carbons (Fsp3) is 0.787. The summed E-state index contributed by atoms with van der Waals surface area (Å²) >= 11 is 0. The standard InChI is InChI=1S/C54H86O14Si.C54H84O14Si/c2*1-16-30(2)47-33(5)22-23-53(67-47)28-39-25-38(66-53)21-20-32(4)46(64-44-27-42(59-13)49(36(8)62-44)65-43-26-41(58-12)45(55)35(7)61-43)31(3)18-17-19-37-29-60-50-48(68-69(14,15)52(9,10)11)34(6)24-40(51(56)63-39)54(37,50)57/h17-20,22-24,30-31,33,35-36,38-50,55,57H,16,21,25-29H2,1-15H3;17-20,22-24,30-31,33,35-36,38-44,46-50,57H,16,21,25-29H2,1-15H3/b2*18-17+,32-20+,37-19+/t30-,31+,33+,35+,36+,38-,39+,40+,41+,42+,43+,44+,45+,46+,47-,48-,49+,50-,53-,54-;30-,31+,33+,35+,36+,38-,39+,40+,41+,42+,43+,44+,46+,47-,48-,49+,50-,53-,54-/m11/s1. The molecule has 0 aromatic carbocycles. The van der Waals surface area contributed by atoms with Crippen LogP contribution >= 0.6 is 0 Å². The smallest absolute Gasteiger partial charge is 0.316 e. The van der Waals surface area contributed by atoms with Crippen molar-refractivity contribution in [2.75, 3.05) is 41.7 Å². The van der Waals surface area contributed by atoms with Crippen molar-refractivity contribution in [2.24, 2.45) is 47.3 Å². The molecule has 14 aliphatic rings.